The van der Waals surface area contributed by atoms with Gasteiger partial charge in [0.15, 0.2) is 0 Å². The van der Waals surface area contributed by atoms with Gasteiger partial charge in [-0.3, -0.25) is 0 Å². The summed E-state index contributed by atoms with van der Waals surface area (Å²) in [6.45, 7) is 3.08. The van der Waals surface area contributed by atoms with E-state index in [-0.39, 0.29) is 5.54 Å². The van der Waals surface area contributed by atoms with E-state index >= 15 is 0 Å². The summed E-state index contributed by atoms with van der Waals surface area (Å²) >= 11 is 0. The van der Waals surface area contributed by atoms with Crippen molar-refractivity contribution in [3.8, 4) is 0 Å². The molecule has 0 radical (unpaired) electrons. The Labute approximate surface area is 108 Å². The topological polar surface area (TPSA) is 29.3 Å². The van der Waals surface area contributed by atoms with Gasteiger partial charge in [-0.1, -0.05) is 29.8 Å². The molecule has 1 saturated carbocycles. The van der Waals surface area contributed by atoms with Gasteiger partial charge in [-0.15, -0.1) is 0 Å². The number of benzene rings is 2. The number of aryl methyl sites for hydroxylation is 1. The van der Waals surface area contributed by atoms with Gasteiger partial charge in [-0.25, -0.2) is 0 Å². The summed E-state index contributed by atoms with van der Waals surface area (Å²) in [5.41, 5.74) is 8.80. The molecule has 18 heavy (non-hydrogen) atoms. The van der Waals surface area contributed by atoms with Crippen molar-refractivity contribution in [2.24, 2.45) is 5.73 Å². The number of fused-ring (bicyclic) bond motifs is 1. The fraction of sp³-hybridized carbons (Fsp3) is 0.375. The minimum atomic E-state index is 0.0665. The van der Waals surface area contributed by atoms with Crippen molar-refractivity contribution in [1.29, 1.82) is 0 Å². The largest absolute Gasteiger partial charge is 0.373 e. The number of hydrogen-bond donors (Lipinski definition) is 1. The van der Waals surface area contributed by atoms with Crippen LogP contribution in [0.1, 0.15) is 18.4 Å². The van der Waals surface area contributed by atoms with Crippen LogP contribution < -0.4 is 10.6 Å². The molecule has 2 aromatic rings. The van der Waals surface area contributed by atoms with Gasteiger partial charge < -0.3 is 10.6 Å². The Morgan fingerprint density at radius 1 is 1.11 bits per heavy atom. The summed E-state index contributed by atoms with van der Waals surface area (Å²) in [6.07, 6.45) is 2.31. The molecule has 2 aromatic carbocycles. The van der Waals surface area contributed by atoms with E-state index in [1.54, 1.807) is 0 Å². The molecule has 0 heterocycles. The number of anilines is 1. The second kappa shape index (κ2) is 3.99. The van der Waals surface area contributed by atoms with Crippen molar-refractivity contribution in [2.45, 2.75) is 25.3 Å². The fourth-order valence-electron chi connectivity index (χ4n) is 2.47. The third-order valence-electron chi connectivity index (χ3n) is 3.86. The van der Waals surface area contributed by atoms with Crippen LogP contribution in [0.15, 0.2) is 36.4 Å². The van der Waals surface area contributed by atoms with E-state index in [4.69, 9.17) is 5.73 Å². The van der Waals surface area contributed by atoms with Crippen LogP contribution in [0.25, 0.3) is 10.8 Å². The van der Waals surface area contributed by atoms with Crippen molar-refractivity contribution in [3.63, 3.8) is 0 Å². The van der Waals surface area contributed by atoms with Crippen LogP contribution in [0.3, 0.4) is 0 Å². The van der Waals surface area contributed by atoms with Gasteiger partial charge in [0.1, 0.15) is 0 Å². The van der Waals surface area contributed by atoms with Crippen LogP contribution in [0.2, 0.25) is 0 Å². The number of nitrogens with two attached hydrogens (primary N) is 1. The minimum Gasteiger partial charge on any atom is -0.373 e. The summed E-state index contributed by atoms with van der Waals surface area (Å²) in [5.74, 6) is 0. The highest BCUT2D eigenvalue weighted by molar-refractivity contribution is 5.86. The Kier molecular flexibility index (Phi) is 2.56. The van der Waals surface area contributed by atoms with Crippen molar-refractivity contribution in [2.75, 3.05) is 18.5 Å². The molecule has 0 aliphatic heterocycles. The van der Waals surface area contributed by atoms with E-state index in [0.717, 1.165) is 19.4 Å². The van der Waals surface area contributed by atoms with Crippen LogP contribution in [0.5, 0.6) is 0 Å². The molecule has 2 N–H and O–H groups in total. The molecular formula is C16H20N2. The van der Waals surface area contributed by atoms with Gasteiger partial charge in [0.2, 0.25) is 0 Å². The van der Waals surface area contributed by atoms with Crippen molar-refractivity contribution < 1.29 is 0 Å². The van der Waals surface area contributed by atoms with E-state index < -0.39 is 0 Å². The first-order valence-electron chi connectivity index (χ1n) is 6.56. The predicted octanol–water partition coefficient (Wildman–Crippen LogP) is 3.08. The Bertz CT molecular complexity index is 585. The van der Waals surface area contributed by atoms with Gasteiger partial charge in [0, 0.05) is 24.8 Å². The quantitative estimate of drug-likeness (QED) is 0.893. The van der Waals surface area contributed by atoms with Crippen LogP contribution in [0, 0.1) is 6.92 Å². The summed E-state index contributed by atoms with van der Waals surface area (Å²) in [4.78, 5) is 2.27. The van der Waals surface area contributed by atoms with Crippen LogP contribution in [0.4, 0.5) is 5.69 Å². The van der Waals surface area contributed by atoms with Gasteiger partial charge in [0.25, 0.3) is 0 Å². The van der Waals surface area contributed by atoms with Crippen molar-refractivity contribution >= 4 is 16.5 Å². The second-order valence-electron chi connectivity index (χ2n) is 5.75. The molecule has 1 aliphatic rings. The van der Waals surface area contributed by atoms with Gasteiger partial charge in [0.05, 0.1) is 0 Å². The first-order valence-corrected chi connectivity index (χ1v) is 6.56. The van der Waals surface area contributed by atoms with E-state index in [1.807, 2.05) is 0 Å². The lowest BCUT2D eigenvalue weighted by Gasteiger charge is -2.23. The predicted molar refractivity (Wildman–Crippen MR) is 78.1 cm³/mol. The number of rotatable bonds is 3. The summed E-state index contributed by atoms with van der Waals surface area (Å²) < 4.78 is 0. The Hall–Kier alpha value is -1.54. The number of hydrogen-bond acceptors (Lipinski definition) is 2. The van der Waals surface area contributed by atoms with E-state index in [9.17, 15) is 0 Å². The lowest BCUT2D eigenvalue weighted by Crippen LogP contribution is -2.37. The third kappa shape index (κ3) is 2.21. The molecule has 2 nitrogen and oxygen atoms in total. The molecule has 1 aliphatic carbocycles. The highest BCUT2D eigenvalue weighted by Gasteiger charge is 2.39. The molecule has 2 heteroatoms. The molecule has 3 rings (SSSR count). The van der Waals surface area contributed by atoms with Gasteiger partial charge >= 0.3 is 0 Å². The third-order valence-corrected chi connectivity index (χ3v) is 3.86. The maximum absolute atomic E-state index is 6.18. The monoisotopic (exact) mass is 240 g/mol. The highest BCUT2D eigenvalue weighted by Crippen LogP contribution is 2.34. The van der Waals surface area contributed by atoms with Gasteiger partial charge in [-0.2, -0.15) is 0 Å². The molecule has 0 bridgehead atoms. The first kappa shape index (κ1) is 11.5. The highest BCUT2D eigenvalue weighted by atomic mass is 15.1. The van der Waals surface area contributed by atoms with Crippen LogP contribution in [-0.2, 0) is 0 Å². The van der Waals surface area contributed by atoms with Crippen LogP contribution in [-0.4, -0.2) is 19.1 Å². The zero-order valence-corrected chi connectivity index (χ0v) is 11.1. The van der Waals surface area contributed by atoms with Crippen molar-refractivity contribution in [1.82, 2.24) is 0 Å². The molecule has 0 saturated heterocycles. The molecule has 0 spiro atoms. The summed E-state index contributed by atoms with van der Waals surface area (Å²) in [6, 6.07) is 13.2. The summed E-state index contributed by atoms with van der Waals surface area (Å²) in [5, 5.41) is 2.60. The number of nitrogens with zero attached hydrogens (tertiary/aromatic N) is 1. The normalized spacial score (nSPS) is 16.8. The first-order chi connectivity index (χ1) is 8.56. The second-order valence-corrected chi connectivity index (χ2v) is 5.75. The fourth-order valence-corrected chi connectivity index (χ4v) is 2.47. The smallest absolute Gasteiger partial charge is 0.0370 e. The lowest BCUT2D eigenvalue weighted by molar-refractivity contribution is 0.661. The van der Waals surface area contributed by atoms with E-state index in [1.165, 1.54) is 22.0 Å². The molecule has 0 atom stereocenters. The standard InChI is InChI=1S/C16H20N2/c1-12-3-4-14-10-15(6-5-13(14)9-12)18(2)11-16(17)7-8-16/h3-6,9-10H,7-8,11,17H2,1-2H3. The zero-order chi connectivity index (χ0) is 12.8. The Morgan fingerprint density at radius 2 is 1.78 bits per heavy atom. The maximum atomic E-state index is 6.18. The Balaban J connectivity index is 1.90. The van der Waals surface area contributed by atoms with Crippen LogP contribution >= 0.6 is 0 Å². The molecule has 94 valence electrons. The number of likely N-dealkylation sites (N-methyl/N-ethyl adjacent to an activating group) is 1. The average molecular weight is 240 g/mol. The lowest BCUT2D eigenvalue weighted by atomic mass is 10.1. The van der Waals surface area contributed by atoms with E-state index in [2.05, 4.69) is 55.3 Å². The Morgan fingerprint density at radius 3 is 2.50 bits per heavy atom. The molecule has 0 unspecified atom stereocenters. The maximum Gasteiger partial charge on any atom is 0.0370 e. The summed E-state index contributed by atoms with van der Waals surface area (Å²) in [7, 11) is 2.13. The van der Waals surface area contributed by atoms with E-state index in [0.29, 0.717) is 0 Å². The molecule has 0 amide bonds. The molecule has 0 aromatic heterocycles. The van der Waals surface area contributed by atoms with Crippen molar-refractivity contribution in [3.05, 3.63) is 42.0 Å². The minimum absolute atomic E-state index is 0.0665. The van der Waals surface area contributed by atoms with Gasteiger partial charge in [-0.05, 0) is 42.7 Å². The average Bonchev–Trinajstić information content (AvgIpc) is 3.06. The zero-order valence-electron chi connectivity index (χ0n) is 11.1. The molecular weight excluding hydrogens is 220 g/mol. The molecule has 1 fully saturated rings. The SMILES string of the molecule is Cc1ccc2cc(N(C)CC3(N)CC3)ccc2c1.